The van der Waals surface area contributed by atoms with Gasteiger partial charge in [0, 0.05) is 30.5 Å². The van der Waals surface area contributed by atoms with E-state index in [4.69, 9.17) is 0 Å². The molecular weight excluding hydrogens is 400 g/mol. The van der Waals surface area contributed by atoms with E-state index >= 15 is 0 Å². The molecule has 1 amide bonds. The quantitative estimate of drug-likeness (QED) is 0.443. The van der Waals surface area contributed by atoms with E-state index in [1.54, 1.807) is 31.5 Å². The van der Waals surface area contributed by atoms with Gasteiger partial charge in [-0.05, 0) is 43.3 Å². The van der Waals surface area contributed by atoms with E-state index in [1.165, 1.54) is 48.4 Å². The number of hydrogen-bond donors (Lipinski definition) is 2. The van der Waals surface area contributed by atoms with Crippen molar-refractivity contribution in [2.24, 2.45) is 0 Å². The molecule has 0 bridgehead atoms. The Hall–Kier alpha value is -3.05. The van der Waals surface area contributed by atoms with Crippen LogP contribution in [0.1, 0.15) is 6.92 Å². The van der Waals surface area contributed by atoms with Crippen LogP contribution in [-0.4, -0.2) is 39.5 Å². The molecule has 1 atom stereocenters. The van der Waals surface area contributed by atoms with Crippen LogP contribution >= 0.6 is 11.8 Å². The van der Waals surface area contributed by atoms with Gasteiger partial charge in [0.1, 0.15) is 0 Å². The summed E-state index contributed by atoms with van der Waals surface area (Å²) in [7, 11) is -3.82. The van der Waals surface area contributed by atoms with Gasteiger partial charge >= 0.3 is 0 Å². The number of benzene rings is 1. The maximum Gasteiger partial charge on any atom is 0.264 e. The Labute approximate surface area is 166 Å². The fourth-order valence-corrected chi connectivity index (χ4v) is 3.73. The smallest absolute Gasteiger partial charge is 0.264 e. The average molecular weight is 416 g/mol. The van der Waals surface area contributed by atoms with Crippen molar-refractivity contribution in [3.05, 3.63) is 61.2 Å². The molecule has 3 rings (SSSR count). The highest BCUT2D eigenvalue weighted by atomic mass is 32.2. The third-order valence-electron chi connectivity index (χ3n) is 3.42. The second kappa shape index (κ2) is 8.76. The maximum absolute atomic E-state index is 12.4. The molecule has 28 heavy (non-hydrogen) atoms. The van der Waals surface area contributed by atoms with Gasteiger partial charge in [-0.2, -0.15) is 0 Å². The van der Waals surface area contributed by atoms with E-state index in [2.05, 4.69) is 30.0 Å². The third-order valence-corrected chi connectivity index (χ3v) is 5.75. The van der Waals surface area contributed by atoms with Gasteiger partial charge in [-0.1, -0.05) is 11.8 Å². The molecule has 1 aromatic carbocycles. The molecule has 0 saturated heterocycles. The minimum atomic E-state index is -3.82. The second-order valence-corrected chi connectivity index (χ2v) is 8.47. The number of thioether (sulfide) groups is 1. The number of anilines is 2. The van der Waals surface area contributed by atoms with Gasteiger partial charge in [0.2, 0.25) is 11.9 Å². The van der Waals surface area contributed by atoms with E-state index < -0.39 is 15.3 Å². The molecule has 0 aliphatic rings. The number of sulfonamides is 1. The molecule has 3 aromatic rings. The molecule has 2 N–H and O–H groups in total. The fraction of sp³-hybridized carbons (Fsp3) is 0.118. The zero-order valence-corrected chi connectivity index (χ0v) is 16.3. The van der Waals surface area contributed by atoms with Gasteiger partial charge in [0.25, 0.3) is 10.0 Å². The van der Waals surface area contributed by atoms with Crippen LogP contribution in [0.2, 0.25) is 0 Å². The molecule has 0 unspecified atom stereocenters. The lowest BCUT2D eigenvalue weighted by atomic mass is 10.3. The summed E-state index contributed by atoms with van der Waals surface area (Å²) in [6.07, 6.45) is 6.08. The number of nitrogens with one attached hydrogen (secondary N) is 2. The number of carbonyl (C=O) groups is 1. The Morgan fingerprint density at radius 1 is 0.964 bits per heavy atom. The molecule has 0 saturated carbocycles. The fourth-order valence-electron chi connectivity index (χ4n) is 2.05. The van der Waals surface area contributed by atoms with Crippen LogP contribution in [0.3, 0.4) is 0 Å². The Balaban J connectivity index is 1.63. The van der Waals surface area contributed by atoms with Crippen molar-refractivity contribution < 1.29 is 13.2 Å². The number of nitrogens with zero attached hydrogens (tertiary/aromatic N) is 4. The molecule has 0 fully saturated rings. The van der Waals surface area contributed by atoms with Crippen molar-refractivity contribution in [3.8, 4) is 0 Å². The van der Waals surface area contributed by atoms with Crippen molar-refractivity contribution in [2.45, 2.75) is 22.2 Å². The van der Waals surface area contributed by atoms with Crippen LogP contribution in [0.15, 0.2) is 71.2 Å². The molecule has 0 aliphatic carbocycles. The Bertz CT molecular complexity index is 1030. The summed E-state index contributed by atoms with van der Waals surface area (Å²) in [6, 6.07) is 9.07. The zero-order chi connectivity index (χ0) is 20.0. The number of carbonyl (C=O) groups excluding carboxylic acids is 1. The van der Waals surface area contributed by atoms with Crippen molar-refractivity contribution in [3.63, 3.8) is 0 Å². The maximum atomic E-state index is 12.4. The molecule has 0 spiro atoms. The number of aromatic nitrogens is 4. The summed E-state index contributed by atoms with van der Waals surface area (Å²) in [6.45, 7) is 1.74. The Morgan fingerprint density at radius 2 is 1.54 bits per heavy atom. The van der Waals surface area contributed by atoms with Crippen LogP contribution in [0.5, 0.6) is 0 Å². The third kappa shape index (κ3) is 5.24. The highest BCUT2D eigenvalue weighted by molar-refractivity contribution is 8.00. The molecule has 0 aliphatic heterocycles. The van der Waals surface area contributed by atoms with Gasteiger partial charge in [-0.15, -0.1) is 0 Å². The average Bonchev–Trinajstić information content (AvgIpc) is 2.69. The molecule has 144 valence electrons. The van der Waals surface area contributed by atoms with Crippen LogP contribution in [-0.2, 0) is 14.8 Å². The standard InChI is InChI=1S/C17H16N6O3S2/c1-12(27-17-20-10-3-11-21-17)15(24)22-13-4-6-14(7-5-13)28(25,26)23-16-18-8-2-9-19-16/h2-12H,1H3,(H,22,24)(H,18,19,23)/t12-/m0/s1. The first kappa shape index (κ1) is 19.7. The van der Waals surface area contributed by atoms with Crippen molar-refractivity contribution in [2.75, 3.05) is 10.0 Å². The van der Waals surface area contributed by atoms with E-state index in [-0.39, 0.29) is 16.8 Å². The van der Waals surface area contributed by atoms with Crippen molar-refractivity contribution in [1.29, 1.82) is 0 Å². The summed E-state index contributed by atoms with van der Waals surface area (Å²) in [4.78, 5) is 28.1. The van der Waals surface area contributed by atoms with Crippen LogP contribution in [0.4, 0.5) is 11.6 Å². The van der Waals surface area contributed by atoms with Gasteiger partial charge in [0.05, 0.1) is 10.1 Å². The van der Waals surface area contributed by atoms with E-state index in [0.717, 1.165) is 0 Å². The van der Waals surface area contributed by atoms with E-state index in [1.807, 2.05) is 0 Å². The molecular formula is C17H16N6O3S2. The highest BCUT2D eigenvalue weighted by Gasteiger charge is 2.18. The normalized spacial score (nSPS) is 12.2. The first-order valence-electron chi connectivity index (χ1n) is 8.08. The van der Waals surface area contributed by atoms with Crippen molar-refractivity contribution >= 4 is 39.3 Å². The Morgan fingerprint density at radius 3 is 2.14 bits per heavy atom. The monoisotopic (exact) mass is 416 g/mol. The largest absolute Gasteiger partial charge is 0.325 e. The predicted molar refractivity (Wildman–Crippen MR) is 105 cm³/mol. The summed E-state index contributed by atoms with van der Waals surface area (Å²) in [5.74, 6) is -0.266. The Kier molecular flexibility index (Phi) is 6.16. The lowest BCUT2D eigenvalue weighted by Crippen LogP contribution is -2.22. The van der Waals surface area contributed by atoms with E-state index in [9.17, 15) is 13.2 Å². The van der Waals surface area contributed by atoms with Crippen LogP contribution in [0, 0.1) is 0 Å². The molecule has 2 heterocycles. The minimum absolute atomic E-state index is 0.0196. The first-order chi connectivity index (χ1) is 13.4. The topological polar surface area (TPSA) is 127 Å². The predicted octanol–water partition coefficient (Wildman–Crippen LogP) is 2.19. The minimum Gasteiger partial charge on any atom is -0.325 e. The van der Waals surface area contributed by atoms with Gasteiger partial charge < -0.3 is 5.32 Å². The van der Waals surface area contributed by atoms with Gasteiger partial charge in [-0.25, -0.2) is 33.1 Å². The summed E-state index contributed by atoms with van der Waals surface area (Å²) in [5, 5.41) is 2.81. The molecule has 11 heteroatoms. The molecule has 0 radical (unpaired) electrons. The lowest BCUT2D eigenvalue weighted by Gasteiger charge is -2.11. The lowest BCUT2D eigenvalue weighted by molar-refractivity contribution is -0.115. The SMILES string of the molecule is C[C@H](Sc1ncccn1)C(=O)Nc1ccc(S(=O)(=O)Nc2ncccn2)cc1. The molecule has 2 aromatic heterocycles. The van der Waals surface area contributed by atoms with Crippen molar-refractivity contribution in [1.82, 2.24) is 19.9 Å². The van der Waals surface area contributed by atoms with Crippen LogP contribution in [0.25, 0.3) is 0 Å². The number of rotatable bonds is 7. The van der Waals surface area contributed by atoms with Crippen LogP contribution < -0.4 is 10.0 Å². The summed E-state index contributed by atoms with van der Waals surface area (Å²) in [5.41, 5.74) is 0.473. The number of hydrogen-bond acceptors (Lipinski definition) is 8. The van der Waals surface area contributed by atoms with E-state index in [0.29, 0.717) is 10.8 Å². The molecule has 9 nitrogen and oxygen atoms in total. The van der Waals surface area contributed by atoms with Gasteiger partial charge in [0.15, 0.2) is 5.16 Å². The zero-order valence-electron chi connectivity index (χ0n) is 14.7. The summed E-state index contributed by atoms with van der Waals surface area (Å²) >= 11 is 1.23. The second-order valence-electron chi connectivity index (χ2n) is 5.48. The number of amides is 1. The highest BCUT2D eigenvalue weighted by Crippen LogP contribution is 2.21. The summed E-state index contributed by atoms with van der Waals surface area (Å²) < 4.78 is 27.0. The first-order valence-corrected chi connectivity index (χ1v) is 10.4. The van der Waals surface area contributed by atoms with Gasteiger partial charge in [-0.3, -0.25) is 4.79 Å².